The molecule has 0 unspecified atom stereocenters. The third-order valence-electron chi connectivity index (χ3n) is 3.89. The molecule has 128 valence electrons. The van der Waals surface area contributed by atoms with Crippen molar-refractivity contribution in [3.05, 3.63) is 59.8 Å². The third kappa shape index (κ3) is 3.63. The van der Waals surface area contributed by atoms with E-state index in [0.29, 0.717) is 11.4 Å². The molecule has 1 aromatic heterocycles. The van der Waals surface area contributed by atoms with Gasteiger partial charge in [-0.15, -0.1) is 0 Å². The van der Waals surface area contributed by atoms with Crippen LogP contribution in [0.25, 0.3) is 10.9 Å². The fourth-order valence-corrected chi connectivity index (χ4v) is 2.47. The molecule has 1 heterocycles. The lowest BCUT2D eigenvalue weighted by Crippen LogP contribution is -2.19. The van der Waals surface area contributed by atoms with Crippen molar-refractivity contribution in [2.45, 2.75) is 6.92 Å². The maximum Gasteiger partial charge on any atom is 0.287 e. The Morgan fingerprint density at radius 1 is 1.04 bits per heavy atom. The molecule has 1 amide bonds. The number of nitrogens with zero attached hydrogens (tertiary/aromatic N) is 1. The van der Waals surface area contributed by atoms with Gasteiger partial charge in [-0.25, -0.2) is 5.43 Å². The Kier molecular flexibility index (Phi) is 4.70. The van der Waals surface area contributed by atoms with Gasteiger partial charge in [0.2, 0.25) is 0 Å². The monoisotopic (exact) mass is 337 g/mol. The number of ether oxygens (including phenoxy) is 2. The number of hydrogen-bond acceptors (Lipinski definition) is 4. The summed E-state index contributed by atoms with van der Waals surface area (Å²) in [5.74, 6) is 1.17. The zero-order chi connectivity index (χ0) is 17.8. The zero-order valence-electron chi connectivity index (χ0n) is 14.3. The number of H-pyrrole nitrogens is 1. The van der Waals surface area contributed by atoms with Crippen LogP contribution in [0.4, 0.5) is 0 Å². The minimum Gasteiger partial charge on any atom is -0.497 e. The highest BCUT2D eigenvalue weighted by Crippen LogP contribution is 2.21. The van der Waals surface area contributed by atoms with Crippen molar-refractivity contribution in [1.29, 1.82) is 0 Å². The molecule has 0 atom stereocenters. The van der Waals surface area contributed by atoms with Gasteiger partial charge in [-0.1, -0.05) is 12.1 Å². The van der Waals surface area contributed by atoms with E-state index >= 15 is 0 Å². The number of amides is 1. The summed E-state index contributed by atoms with van der Waals surface area (Å²) in [6.45, 7) is 1.82. The maximum absolute atomic E-state index is 12.3. The second-order valence-corrected chi connectivity index (χ2v) is 5.51. The van der Waals surface area contributed by atoms with E-state index in [-0.39, 0.29) is 5.91 Å². The summed E-state index contributed by atoms with van der Waals surface area (Å²) in [7, 11) is 3.22. The number of carbonyl (C=O) groups excluding carboxylic acids is 1. The van der Waals surface area contributed by atoms with Crippen LogP contribution in [0, 0.1) is 0 Å². The summed E-state index contributed by atoms with van der Waals surface area (Å²) < 4.78 is 10.4. The minimum absolute atomic E-state index is 0.308. The van der Waals surface area contributed by atoms with Gasteiger partial charge in [-0.3, -0.25) is 4.79 Å². The molecule has 3 aromatic rings. The van der Waals surface area contributed by atoms with Crippen molar-refractivity contribution in [1.82, 2.24) is 10.4 Å². The summed E-state index contributed by atoms with van der Waals surface area (Å²) >= 11 is 0. The fourth-order valence-electron chi connectivity index (χ4n) is 2.47. The highest BCUT2D eigenvalue weighted by molar-refractivity contribution is 6.02. The van der Waals surface area contributed by atoms with Crippen LogP contribution in [0.3, 0.4) is 0 Å². The van der Waals surface area contributed by atoms with Gasteiger partial charge < -0.3 is 14.5 Å². The molecule has 0 saturated heterocycles. The van der Waals surface area contributed by atoms with E-state index in [1.165, 1.54) is 0 Å². The number of aromatic nitrogens is 1. The first-order valence-electron chi connectivity index (χ1n) is 7.76. The number of nitrogens with one attached hydrogen (secondary N) is 2. The molecule has 0 saturated carbocycles. The Hall–Kier alpha value is -3.28. The lowest BCUT2D eigenvalue weighted by molar-refractivity contribution is 0.0950. The number of rotatable bonds is 5. The van der Waals surface area contributed by atoms with E-state index in [9.17, 15) is 4.79 Å². The van der Waals surface area contributed by atoms with Crippen LogP contribution in [-0.4, -0.2) is 30.8 Å². The smallest absolute Gasteiger partial charge is 0.287 e. The number of carbonyl (C=O) groups is 1. The molecule has 6 nitrogen and oxygen atoms in total. The SMILES string of the molecule is COc1cccc(/C(C)=N\NC(=O)c2cc3cc(OC)ccc3[nH]2)c1. The largest absolute Gasteiger partial charge is 0.497 e. The second-order valence-electron chi connectivity index (χ2n) is 5.51. The Balaban J connectivity index is 1.77. The summed E-state index contributed by atoms with van der Waals surface area (Å²) in [6.07, 6.45) is 0. The van der Waals surface area contributed by atoms with Crippen molar-refractivity contribution in [3.63, 3.8) is 0 Å². The van der Waals surface area contributed by atoms with Crippen LogP contribution in [-0.2, 0) is 0 Å². The van der Waals surface area contributed by atoms with Gasteiger partial charge in [-0.2, -0.15) is 5.10 Å². The van der Waals surface area contributed by atoms with Crippen LogP contribution in [0.5, 0.6) is 11.5 Å². The molecule has 0 aliphatic heterocycles. The van der Waals surface area contributed by atoms with Gasteiger partial charge in [0.25, 0.3) is 5.91 Å². The highest BCUT2D eigenvalue weighted by Gasteiger charge is 2.10. The molecule has 0 radical (unpaired) electrons. The van der Waals surface area contributed by atoms with E-state index in [1.54, 1.807) is 20.3 Å². The van der Waals surface area contributed by atoms with Crippen LogP contribution >= 0.6 is 0 Å². The normalized spacial score (nSPS) is 11.4. The number of aromatic amines is 1. The lowest BCUT2D eigenvalue weighted by Gasteiger charge is -2.04. The van der Waals surface area contributed by atoms with Crippen LogP contribution < -0.4 is 14.9 Å². The predicted molar refractivity (Wildman–Crippen MR) is 97.5 cm³/mol. The third-order valence-corrected chi connectivity index (χ3v) is 3.89. The number of hydrogen-bond donors (Lipinski definition) is 2. The number of methoxy groups -OCH3 is 2. The van der Waals surface area contributed by atoms with Crippen molar-refractivity contribution in [2.75, 3.05) is 14.2 Å². The number of benzene rings is 2. The summed E-state index contributed by atoms with van der Waals surface area (Å²) in [6, 6.07) is 14.8. The summed E-state index contributed by atoms with van der Waals surface area (Å²) in [4.78, 5) is 15.4. The van der Waals surface area contributed by atoms with Crippen LogP contribution in [0.1, 0.15) is 23.0 Å². The number of hydrazone groups is 1. The lowest BCUT2D eigenvalue weighted by atomic mass is 10.1. The molecular formula is C19H19N3O3. The molecule has 3 rings (SSSR count). The molecule has 2 N–H and O–H groups in total. The zero-order valence-corrected chi connectivity index (χ0v) is 14.3. The average molecular weight is 337 g/mol. The molecule has 2 aromatic carbocycles. The molecule has 6 heteroatoms. The molecular weight excluding hydrogens is 318 g/mol. The van der Waals surface area contributed by atoms with Crippen molar-refractivity contribution >= 4 is 22.5 Å². The molecule has 25 heavy (non-hydrogen) atoms. The topological polar surface area (TPSA) is 75.7 Å². The van der Waals surface area contributed by atoms with Crippen molar-refractivity contribution in [3.8, 4) is 11.5 Å². The summed E-state index contributed by atoms with van der Waals surface area (Å²) in [5.41, 5.74) is 5.43. The molecule has 0 bridgehead atoms. The minimum atomic E-state index is -0.308. The molecule has 0 aliphatic carbocycles. The van der Waals surface area contributed by atoms with Gasteiger partial charge in [0.15, 0.2) is 0 Å². The molecule has 0 spiro atoms. The van der Waals surface area contributed by atoms with E-state index in [1.807, 2.05) is 49.4 Å². The van der Waals surface area contributed by atoms with Gasteiger partial charge in [-0.05, 0) is 43.3 Å². The van der Waals surface area contributed by atoms with E-state index in [0.717, 1.165) is 28.0 Å². The van der Waals surface area contributed by atoms with Crippen LogP contribution in [0.15, 0.2) is 53.6 Å². The fraction of sp³-hybridized carbons (Fsp3) is 0.158. The second kappa shape index (κ2) is 7.09. The number of fused-ring (bicyclic) bond motifs is 1. The average Bonchev–Trinajstić information content (AvgIpc) is 3.09. The first-order chi connectivity index (χ1) is 12.1. The highest BCUT2D eigenvalue weighted by atomic mass is 16.5. The first-order valence-corrected chi connectivity index (χ1v) is 7.76. The Morgan fingerprint density at radius 3 is 2.56 bits per heavy atom. The van der Waals surface area contributed by atoms with E-state index < -0.39 is 0 Å². The first kappa shape index (κ1) is 16.6. The van der Waals surface area contributed by atoms with Gasteiger partial charge in [0, 0.05) is 16.5 Å². The maximum atomic E-state index is 12.3. The predicted octanol–water partition coefficient (Wildman–Crippen LogP) is 3.34. The van der Waals surface area contributed by atoms with Gasteiger partial charge in [0.1, 0.15) is 17.2 Å². The van der Waals surface area contributed by atoms with Gasteiger partial charge >= 0.3 is 0 Å². The quantitative estimate of drug-likeness (QED) is 0.554. The van der Waals surface area contributed by atoms with E-state index in [4.69, 9.17) is 9.47 Å². The summed E-state index contributed by atoms with van der Waals surface area (Å²) in [5, 5.41) is 5.07. The van der Waals surface area contributed by atoms with Crippen molar-refractivity contribution < 1.29 is 14.3 Å². The standard InChI is InChI=1S/C19H19N3O3/c1-12(13-5-4-6-15(9-13)24-2)21-22-19(23)18-11-14-10-16(25-3)7-8-17(14)20-18/h4-11,20H,1-3H3,(H,22,23)/b21-12-. The Morgan fingerprint density at radius 2 is 1.80 bits per heavy atom. The molecule has 0 fully saturated rings. The Labute approximate surface area is 145 Å². The van der Waals surface area contributed by atoms with Crippen LogP contribution in [0.2, 0.25) is 0 Å². The molecule has 0 aliphatic rings. The Bertz CT molecular complexity index is 944. The van der Waals surface area contributed by atoms with Gasteiger partial charge in [0.05, 0.1) is 19.9 Å². The van der Waals surface area contributed by atoms with E-state index in [2.05, 4.69) is 15.5 Å². The van der Waals surface area contributed by atoms with Crippen molar-refractivity contribution in [2.24, 2.45) is 5.10 Å².